The summed E-state index contributed by atoms with van der Waals surface area (Å²) in [6.07, 6.45) is 3.18. The Labute approximate surface area is 141 Å². The van der Waals surface area contributed by atoms with Gasteiger partial charge in [0.25, 0.3) is 5.91 Å². The van der Waals surface area contributed by atoms with Gasteiger partial charge in [-0.1, -0.05) is 29.8 Å². The highest BCUT2D eigenvalue weighted by Crippen LogP contribution is 2.22. The van der Waals surface area contributed by atoms with Crippen LogP contribution in [-0.4, -0.2) is 20.7 Å². The standard InChI is InChI=1S/C19H20N4O/c1-13-8-14(2)18(15(3)9-13)22-19(24)17-6-4-16(5-7-17)10-23-12-20-11-21-23/h4-9,11-12H,10H2,1-3H3,(H,22,24). The second-order valence-electron chi connectivity index (χ2n) is 6.02. The number of aryl methyl sites for hydroxylation is 3. The largest absolute Gasteiger partial charge is 0.322 e. The normalized spacial score (nSPS) is 10.6. The Kier molecular flexibility index (Phi) is 4.42. The SMILES string of the molecule is Cc1cc(C)c(NC(=O)c2ccc(Cn3cncn3)cc2)c(C)c1. The van der Waals surface area contributed by atoms with Crippen LogP contribution in [0.1, 0.15) is 32.6 Å². The summed E-state index contributed by atoms with van der Waals surface area (Å²) >= 11 is 0. The van der Waals surface area contributed by atoms with Crippen molar-refractivity contribution in [2.45, 2.75) is 27.3 Å². The highest BCUT2D eigenvalue weighted by Gasteiger charge is 2.10. The van der Waals surface area contributed by atoms with E-state index in [1.807, 2.05) is 38.1 Å². The summed E-state index contributed by atoms with van der Waals surface area (Å²) in [6.45, 7) is 6.71. The Bertz CT molecular complexity index is 829. The Morgan fingerprint density at radius 1 is 1.08 bits per heavy atom. The van der Waals surface area contributed by atoms with E-state index in [2.05, 4.69) is 34.5 Å². The minimum Gasteiger partial charge on any atom is -0.322 e. The zero-order chi connectivity index (χ0) is 17.1. The second-order valence-corrected chi connectivity index (χ2v) is 6.02. The first kappa shape index (κ1) is 15.9. The van der Waals surface area contributed by atoms with E-state index >= 15 is 0 Å². The molecule has 0 saturated heterocycles. The van der Waals surface area contributed by atoms with Crippen LogP contribution in [-0.2, 0) is 6.54 Å². The molecule has 0 saturated carbocycles. The lowest BCUT2D eigenvalue weighted by Crippen LogP contribution is -2.14. The average molecular weight is 320 g/mol. The molecule has 24 heavy (non-hydrogen) atoms. The van der Waals surface area contributed by atoms with Crippen LogP contribution in [0.15, 0.2) is 49.1 Å². The smallest absolute Gasteiger partial charge is 0.255 e. The predicted octanol–water partition coefficient (Wildman–Crippen LogP) is 3.50. The van der Waals surface area contributed by atoms with Gasteiger partial charge in [-0.3, -0.25) is 4.79 Å². The van der Waals surface area contributed by atoms with Crippen LogP contribution >= 0.6 is 0 Å². The van der Waals surface area contributed by atoms with Crippen LogP contribution in [0.3, 0.4) is 0 Å². The van der Waals surface area contributed by atoms with Gasteiger partial charge in [0.1, 0.15) is 12.7 Å². The van der Waals surface area contributed by atoms with Crippen molar-refractivity contribution in [1.29, 1.82) is 0 Å². The molecule has 0 spiro atoms. The number of amides is 1. The monoisotopic (exact) mass is 320 g/mol. The lowest BCUT2D eigenvalue weighted by atomic mass is 10.0. The summed E-state index contributed by atoms with van der Waals surface area (Å²) in [5.41, 5.74) is 5.93. The fourth-order valence-electron chi connectivity index (χ4n) is 2.83. The number of rotatable bonds is 4. The van der Waals surface area contributed by atoms with Gasteiger partial charge in [-0.05, 0) is 49.6 Å². The quantitative estimate of drug-likeness (QED) is 0.800. The van der Waals surface area contributed by atoms with Gasteiger partial charge in [0.15, 0.2) is 0 Å². The van der Waals surface area contributed by atoms with Crippen molar-refractivity contribution >= 4 is 11.6 Å². The number of aromatic nitrogens is 3. The van der Waals surface area contributed by atoms with Crippen LogP contribution in [0.5, 0.6) is 0 Å². The zero-order valence-electron chi connectivity index (χ0n) is 14.1. The molecule has 0 aliphatic carbocycles. The molecule has 0 bridgehead atoms. The maximum atomic E-state index is 12.5. The van der Waals surface area contributed by atoms with Crippen LogP contribution in [0, 0.1) is 20.8 Å². The van der Waals surface area contributed by atoms with Crippen LogP contribution in [0.2, 0.25) is 0 Å². The molecule has 0 aliphatic rings. The highest BCUT2D eigenvalue weighted by molar-refractivity contribution is 6.05. The van der Waals surface area contributed by atoms with Gasteiger partial charge in [0.05, 0.1) is 6.54 Å². The number of hydrogen-bond acceptors (Lipinski definition) is 3. The van der Waals surface area contributed by atoms with Crippen molar-refractivity contribution in [1.82, 2.24) is 14.8 Å². The maximum Gasteiger partial charge on any atom is 0.255 e. The van der Waals surface area contributed by atoms with E-state index in [-0.39, 0.29) is 5.91 Å². The van der Waals surface area contributed by atoms with E-state index in [9.17, 15) is 4.79 Å². The van der Waals surface area contributed by atoms with E-state index < -0.39 is 0 Å². The van der Waals surface area contributed by atoms with E-state index in [1.165, 1.54) is 11.9 Å². The zero-order valence-corrected chi connectivity index (χ0v) is 14.1. The Hall–Kier alpha value is -2.95. The number of anilines is 1. The summed E-state index contributed by atoms with van der Waals surface area (Å²) < 4.78 is 1.74. The van der Waals surface area contributed by atoms with Gasteiger partial charge in [-0.2, -0.15) is 5.10 Å². The van der Waals surface area contributed by atoms with Crippen molar-refractivity contribution in [2.75, 3.05) is 5.32 Å². The molecule has 5 nitrogen and oxygen atoms in total. The second kappa shape index (κ2) is 6.66. The molecular weight excluding hydrogens is 300 g/mol. The minimum atomic E-state index is -0.0997. The fourth-order valence-corrected chi connectivity index (χ4v) is 2.83. The average Bonchev–Trinajstić information content (AvgIpc) is 3.04. The van der Waals surface area contributed by atoms with Gasteiger partial charge in [0.2, 0.25) is 0 Å². The summed E-state index contributed by atoms with van der Waals surface area (Å²) in [5.74, 6) is -0.0997. The Morgan fingerprint density at radius 2 is 1.75 bits per heavy atom. The first-order valence-corrected chi connectivity index (χ1v) is 7.83. The van der Waals surface area contributed by atoms with Crippen molar-refractivity contribution in [3.8, 4) is 0 Å². The Balaban J connectivity index is 1.74. The molecule has 2 aromatic carbocycles. The molecule has 122 valence electrons. The molecule has 0 aliphatic heterocycles. The first-order valence-electron chi connectivity index (χ1n) is 7.83. The van der Waals surface area contributed by atoms with Crippen molar-refractivity contribution in [3.63, 3.8) is 0 Å². The lowest BCUT2D eigenvalue weighted by Gasteiger charge is -2.13. The van der Waals surface area contributed by atoms with Gasteiger partial charge < -0.3 is 5.32 Å². The third-order valence-electron chi connectivity index (χ3n) is 3.94. The molecule has 0 atom stereocenters. The summed E-state index contributed by atoms with van der Waals surface area (Å²) in [4.78, 5) is 16.4. The number of benzene rings is 2. The van der Waals surface area contributed by atoms with E-state index in [1.54, 1.807) is 11.0 Å². The lowest BCUT2D eigenvalue weighted by molar-refractivity contribution is 0.102. The molecule has 1 amide bonds. The van der Waals surface area contributed by atoms with Gasteiger partial charge in [0, 0.05) is 11.3 Å². The fraction of sp³-hybridized carbons (Fsp3) is 0.211. The van der Waals surface area contributed by atoms with Gasteiger partial charge >= 0.3 is 0 Å². The van der Waals surface area contributed by atoms with Gasteiger partial charge in [-0.25, -0.2) is 9.67 Å². The molecule has 5 heteroatoms. The topological polar surface area (TPSA) is 59.8 Å². The summed E-state index contributed by atoms with van der Waals surface area (Å²) in [6, 6.07) is 11.7. The molecule has 3 aromatic rings. The van der Waals surface area contributed by atoms with Crippen molar-refractivity contribution < 1.29 is 4.79 Å². The molecular formula is C19H20N4O. The maximum absolute atomic E-state index is 12.5. The molecule has 3 rings (SSSR count). The molecule has 1 aromatic heterocycles. The summed E-state index contributed by atoms with van der Waals surface area (Å²) in [5, 5.41) is 7.10. The van der Waals surface area contributed by atoms with Crippen molar-refractivity contribution in [3.05, 3.63) is 76.9 Å². The van der Waals surface area contributed by atoms with Crippen LogP contribution in [0.25, 0.3) is 0 Å². The highest BCUT2D eigenvalue weighted by atomic mass is 16.1. The number of carbonyl (C=O) groups is 1. The third kappa shape index (κ3) is 3.51. The van der Waals surface area contributed by atoms with E-state index in [0.717, 1.165) is 22.4 Å². The van der Waals surface area contributed by atoms with Crippen molar-refractivity contribution in [2.24, 2.45) is 0 Å². The van der Waals surface area contributed by atoms with Gasteiger partial charge in [-0.15, -0.1) is 0 Å². The van der Waals surface area contributed by atoms with E-state index in [0.29, 0.717) is 12.1 Å². The molecule has 0 unspecified atom stereocenters. The van der Waals surface area contributed by atoms with Crippen LogP contribution < -0.4 is 5.32 Å². The third-order valence-corrected chi connectivity index (χ3v) is 3.94. The van der Waals surface area contributed by atoms with E-state index in [4.69, 9.17) is 0 Å². The number of carbonyl (C=O) groups excluding carboxylic acids is 1. The van der Waals surface area contributed by atoms with Crippen LogP contribution in [0.4, 0.5) is 5.69 Å². The molecule has 1 heterocycles. The molecule has 1 N–H and O–H groups in total. The number of nitrogens with zero attached hydrogens (tertiary/aromatic N) is 3. The summed E-state index contributed by atoms with van der Waals surface area (Å²) in [7, 11) is 0. The number of nitrogens with one attached hydrogen (secondary N) is 1. The molecule has 0 fully saturated rings. The molecule has 0 radical (unpaired) electrons. The minimum absolute atomic E-state index is 0.0997. The Morgan fingerprint density at radius 3 is 2.33 bits per heavy atom. The first-order chi connectivity index (χ1) is 11.5. The number of hydrogen-bond donors (Lipinski definition) is 1. The predicted molar refractivity (Wildman–Crippen MR) is 94.2 cm³/mol.